The first-order chi connectivity index (χ1) is 12.5. The van der Waals surface area contributed by atoms with Crippen LogP contribution < -0.4 is 0 Å². The van der Waals surface area contributed by atoms with E-state index < -0.39 is 0 Å². The van der Waals surface area contributed by atoms with Gasteiger partial charge in [0, 0.05) is 0 Å². The van der Waals surface area contributed by atoms with Crippen LogP contribution in [0, 0.1) is 11.8 Å². The number of rotatable bonds is 11. The Kier molecular flexibility index (Phi) is 21.2. The van der Waals surface area contributed by atoms with E-state index in [-0.39, 0.29) is 0 Å². The van der Waals surface area contributed by atoms with Gasteiger partial charge >= 0.3 is 0 Å². The van der Waals surface area contributed by atoms with Crippen molar-refractivity contribution < 1.29 is 0 Å². The monoisotopic (exact) mass is 360 g/mol. The molecule has 152 valence electrons. The Labute approximate surface area is 166 Å². The maximum absolute atomic E-state index is 3.93. The van der Waals surface area contributed by atoms with Gasteiger partial charge in [-0.1, -0.05) is 129 Å². The van der Waals surface area contributed by atoms with Gasteiger partial charge in [0.1, 0.15) is 0 Å². The minimum atomic E-state index is 0.728. The molecule has 1 unspecified atom stereocenters. The summed E-state index contributed by atoms with van der Waals surface area (Å²) in [5, 5.41) is 0. The Morgan fingerprint density at radius 1 is 0.846 bits per heavy atom. The third kappa shape index (κ3) is 16.4. The molecule has 0 heterocycles. The molecule has 0 heteroatoms. The first kappa shape index (κ1) is 27.2. The van der Waals surface area contributed by atoms with Gasteiger partial charge < -0.3 is 0 Å². The Hall–Kier alpha value is -1.04. The average Bonchev–Trinajstić information content (AvgIpc) is 2.65. The molecule has 0 aliphatic rings. The van der Waals surface area contributed by atoms with Crippen LogP contribution in [0.4, 0.5) is 0 Å². The number of hydrogen-bond donors (Lipinski definition) is 0. The number of unbranched alkanes of at least 4 members (excludes halogenated alkanes) is 2. The molecule has 0 N–H and O–H groups in total. The van der Waals surface area contributed by atoms with E-state index in [1.807, 2.05) is 13.8 Å². The van der Waals surface area contributed by atoms with Gasteiger partial charge in [-0.3, -0.25) is 0 Å². The van der Waals surface area contributed by atoms with E-state index in [0.717, 1.165) is 11.8 Å². The third-order valence-electron chi connectivity index (χ3n) is 4.84. The molecule has 0 radical (unpaired) electrons. The quantitative estimate of drug-likeness (QED) is 0.272. The van der Waals surface area contributed by atoms with Crippen LogP contribution in [-0.2, 0) is 6.42 Å². The normalized spacial score (nSPS) is 11.1. The summed E-state index contributed by atoms with van der Waals surface area (Å²) in [7, 11) is 0. The Balaban J connectivity index is 0. The summed E-state index contributed by atoms with van der Waals surface area (Å²) in [4.78, 5) is 0. The predicted octanol–water partition coefficient (Wildman–Crippen LogP) is 9.25. The molecule has 0 saturated carbocycles. The van der Waals surface area contributed by atoms with Crippen LogP contribution in [0.15, 0.2) is 42.5 Å². The second kappa shape index (κ2) is 20.3. The molecule has 0 aliphatic heterocycles. The van der Waals surface area contributed by atoms with E-state index in [1.165, 1.54) is 68.9 Å². The molecule has 1 atom stereocenters. The highest BCUT2D eigenvalue weighted by Crippen LogP contribution is 2.19. The summed E-state index contributed by atoms with van der Waals surface area (Å²) in [6.45, 7) is 19.1. The largest absolute Gasteiger partial charge is 0.0999 e. The molecule has 0 aromatic heterocycles. The van der Waals surface area contributed by atoms with Gasteiger partial charge in [-0.2, -0.15) is 0 Å². The SMILES string of the molecule is C=C(C)C(C)CCCCC.CC.CCCC(CCC)Cc1ccccc1. The standard InChI is InChI=1S/C14H22.C10H20.C2H6/c1-3-8-13(9-4-2)12-14-10-6-5-7-11-14;1-5-6-7-8-10(4)9(2)3;1-2/h5-7,10-11,13H,3-4,8-9,12H2,1-2H3;10H,2,5-8H2,1,3-4H3;1-2H3. The van der Waals surface area contributed by atoms with Crippen LogP contribution in [0.2, 0.25) is 0 Å². The summed E-state index contributed by atoms with van der Waals surface area (Å²) in [5.74, 6) is 1.62. The van der Waals surface area contributed by atoms with Crippen molar-refractivity contribution in [2.45, 2.75) is 106 Å². The zero-order valence-electron chi connectivity index (χ0n) is 19.1. The maximum Gasteiger partial charge on any atom is -0.0237 e. The molecule has 0 nitrogen and oxygen atoms in total. The first-order valence-corrected chi connectivity index (χ1v) is 11.2. The number of benzene rings is 1. The highest BCUT2D eigenvalue weighted by molar-refractivity contribution is 5.15. The van der Waals surface area contributed by atoms with Gasteiger partial charge in [0.15, 0.2) is 0 Å². The summed E-state index contributed by atoms with van der Waals surface area (Å²) < 4.78 is 0. The van der Waals surface area contributed by atoms with E-state index in [2.05, 4.69) is 71.5 Å². The fraction of sp³-hybridized carbons (Fsp3) is 0.692. The molecule has 26 heavy (non-hydrogen) atoms. The van der Waals surface area contributed by atoms with Crippen molar-refractivity contribution in [3.63, 3.8) is 0 Å². The molecule has 0 spiro atoms. The highest BCUT2D eigenvalue weighted by Gasteiger charge is 2.07. The van der Waals surface area contributed by atoms with Crippen LogP contribution in [0.25, 0.3) is 0 Å². The lowest BCUT2D eigenvalue weighted by Gasteiger charge is -2.14. The van der Waals surface area contributed by atoms with E-state index in [4.69, 9.17) is 0 Å². The van der Waals surface area contributed by atoms with Gasteiger partial charge in [-0.25, -0.2) is 0 Å². The van der Waals surface area contributed by atoms with Gasteiger partial charge in [0.05, 0.1) is 0 Å². The molecule has 1 aromatic rings. The van der Waals surface area contributed by atoms with Crippen molar-refractivity contribution in [3.05, 3.63) is 48.0 Å². The van der Waals surface area contributed by atoms with E-state index in [9.17, 15) is 0 Å². The minimum absolute atomic E-state index is 0.728. The van der Waals surface area contributed by atoms with Crippen LogP contribution in [0.5, 0.6) is 0 Å². The van der Waals surface area contributed by atoms with Crippen molar-refractivity contribution in [3.8, 4) is 0 Å². The molecule has 1 rings (SSSR count). The predicted molar refractivity (Wildman–Crippen MR) is 123 cm³/mol. The van der Waals surface area contributed by atoms with Crippen molar-refractivity contribution in [1.82, 2.24) is 0 Å². The van der Waals surface area contributed by atoms with Crippen molar-refractivity contribution in [1.29, 1.82) is 0 Å². The van der Waals surface area contributed by atoms with Crippen LogP contribution >= 0.6 is 0 Å². The van der Waals surface area contributed by atoms with E-state index in [0.29, 0.717) is 0 Å². The third-order valence-corrected chi connectivity index (χ3v) is 4.84. The van der Waals surface area contributed by atoms with E-state index >= 15 is 0 Å². The highest BCUT2D eigenvalue weighted by atomic mass is 14.1. The van der Waals surface area contributed by atoms with Crippen LogP contribution in [0.3, 0.4) is 0 Å². The fourth-order valence-corrected chi connectivity index (χ4v) is 3.06. The summed E-state index contributed by atoms with van der Waals surface area (Å²) in [6, 6.07) is 10.9. The zero-order chi connectivity index (χ0) is 20.2. The molecular formula is C26H48. The Bertz CT molecular complexity index is 384. The van der Waals surface area contributed by atoms with Gasteiger partial charge in [-0.05, 0) is 37.2 Å². The topological polar surface area (TPSA) is 0 Å². The molecule has 0 amide bonds. The smallest absolute Gasteiger partial charge is 0.0237 e. The van der Waals surface area contributed by atoms with Crippen molar-refractivity contribution >= 4 is 0 Å². The van der Waals surface area contributed by atoms with Crippen LogP contribution in [0.1, 0.15) is 105 Å². The molecule has 1 aromatic carbocycles. The average molecular weight is 361 g/mol. The van der Waals surface area contributed by atoms with Crippen molar-refractivity contribution in [2.24, 2.45) is 11.8 Å². The molecule has 0 bridgehead atoms. The van der Waals surface area contributed by atoms with Crippen LogP contribution in [-0.4, -0.2) is 0 Å². The van der Waals surface area contributed by atoms with Crippen molar-refractivity contribution in [2.75, 3.05) is 0 Å². The molecular weight excluding hydrogens is 312 g/mol. The van der Waals surface area contributed by atoms with Gasteiger partial charge in [0.2, 0.25) is 0 Å². The molecule has 0 aliphatic carbocycles. The number of allylic oxidation sites excluding steroid dienone is 1. The van der Waals surface area contributed by atoms with E-state index in [1.54, 1.807) is 0 Å². The lowest BCUT2D eigenvalue weighted by molar-refractivity contribution is 0.438. The second-order valence-corrected chi connectivity index (χ2v) is 7.38. The Morgan fingerprint density at radius 3 is 1.81 bits per heavy atom. The Morgan fingerprint density at radius 2 is 1.38 bits per heavy atom. The maximum atomic E-state index is 3.93. The summed E-state index contributed by atoms with van der Waals surface area (Å²) >= 11 is 0. The lowest BCUT2D eigenvalue weighted by Crippen LogP contribution is -2.03. The molecule has 0 fully saturated rings. The summed E-state index contributed by atoms with van der Waals surface area (Å²) in [5.41, 5.74) is 2.83. The van der Waals surface area contributed by atoms with Gasteiger partial charge in [-0.15, -0.1) is 0 Å². The fourth-order valence-electron chi connectivity index (χ4n) is 3.06. The summed E-state index contributed by atoms with van der Waals surface area (Å²) in [6.07, 6.45) is 12.0. The second-order valence-electron chi connectivity index (χ2n) is 7.38. The zero-order valence-corrected chi connectivity index (χ0v) is 19.1. The first-order valence-electron chi connectivity index (χ1n) is 11.2. The van der Waals surface area contributed by atoms with Gasteiger partial charge in [0.25, 0.3) is 0 Å². The lowest BCUT2D eigenvalue weighted by atomic mass is 9.91. The minimum Gasteiger partial charge on any atom is -0.0999 e. The molecule has 0 saturated heterocycles. The number of hydrogen-bond acceptors (Lipinski definition) is 0.